The lowest BCUT2D eigenvalue weighted by atomic mass is 10.2. The van der Waals surface area contributed by atoms with Crippen LogP contribution in [0.2, 0.25) is 0 Å². The summed E-state index contributed by atoms with van der Waals surface area (Å²) >= 11 is 0. The van der Waals surface area contributed by atoms with Gasteiger partial charge in [0, 0.05) is 45.3 Å². The second kappa shape index (κ2) is 12.0. The molecule has 184 valence electrons. The van der Waals surface area contributed by atoms with Crippen LogP contribution in [0, 0.1) is 0 Å². The standard InChI is InChI=1S/C21H33N5O7/c1-13(18(30)22-10-12-25(6)20(32)33-21(3,4)5)24-19(31)14(2)23-15(27)9-11-26-16(28)7-8-17(26)29/h7-8,13-14H,9-12H2,1-6H3,(H,22,30)(H,23,27)(H,24,31)/t13-,14-/m0/s1. The van der Waals surface area contributed by atoms with E-state index in [1.54, 1.807) is 27.8 Å². The Bertz CT molecular complexity index is 800. The fraction of sp³-hybridized carbons (Fsp3) is 0.619. The maximum atomic E-state index is 12.3. The third-order valence-corrected chi connectivity index (χ3v) is 4.44. The van der Waals surface area contributed by atoms with Gasteiger partial charge in [-0.2, -0.15) is 0 Å². The molecule has 12 nitrogen and oxygen atoms in total. The minimum atomic E-state index is -0.936. The molecule has 0 aromatic carbocycles. The number of nitrogens with one attached hydrogen (secondary N) is 3. The van der Waals surface area contributed by atoms with Crippen molar-refractivity contribution in [1.82, 2.24) is 25.8 Å². The van der Waals surface area contributed by atoms with Gasteiger partial charge in [-0.1, -0.05) is 0 Å². The molecule has 1 aliphatic rings. The van der Waals surface area contributed by atoms with Gasteiger partial charge in [-0.15, -0.1) is 0 Å². The number of carbonyl (C=O) groups is 6. The van der Waals surface area contributed by atoms with Gasteiger partial charge in [0.1, 0.15) is 17.7 Å². The highest BCUT2D eigenvalue weighted by molar-refractivity contribution is 6.13. The van der Waals surface area contributed by atoms with E-state index in [0.717, 1.165) is 17.1 Å². The largest absolute Gasteiger partial charge is 0.444 e. The molecule has 33 heavy (non-hydrogen) atoms. The Hall–Kier alpha value is -3.44. The molecule has 0 fully saturated rings. The third-order valence-electron chi connectivity index (χ3n) is 4.44. The summed E-state index contributed by atoms with van der Waals surface area (Å²) in [5.74, 6) is -2.54. The molecule has 0 saturated carbocycles. The SMILES string of the molecule is C[C@H](NC(=O)CCN1C(=O)C=CC1=O)C(=O)N[C@@H](C)C(=O)NCCN(C)C(=O)OC(C)(C)C. The van der Waals surface area contributed by atoms with Crippen molar-refractivity contribution in [2.75, 3.05) is 26.7 Å². The van der Waals surface area contributed by atoms with Crippen LogP contribution >= 0.6 is 0 Å². The van der Waals surface area contributed by atoms with Gasteiger partial charge in [0.2, 0.25) is 17.7 Å². The second-order valence-corrected chi connectivity index (χ2v) is 8.62. The van der Waals surface area contributed by atoms with Crippen molar-refractivity contribution in [3.8, 4) is 0 Å². The molecule has 0 unspecified atom stereocenters. The Kier molecular flexibility index (Phi) is 10.0. The lowest BCUT2D eigenvalue weighted by Gasteiger charge is -2.25. The molecule has 1 aliphatic heterocycles. The number of ether oxygens (including phenoxy) is 1. The van der Waals surface area contributed by atoms with Crippen molar-refractivity contribution >= 4 is 35.6 Å². The van der Waals surface area contributed by atoms with Gasteiger partial charge in [-0.25, -0.2) is 4.79 Å². The average Bonchev–Trinajstić information content (AvgIpc) is 3.02. The Labute approximate surface area is 193 Å². The smallest absolute Gasteiger partial charge is 0.410 e. The van der Waals surface area contributed by atoms with E-state index in [9.17, 15) is 28.8 Å². The first-order chi connectivity index (χ1) is 15.2. The Morgan fingerprint density at radius 2 is 1.55 bits per heavy atom. The number of rotatable bonds is 10. The molecule has 1 heterocycles. The van der Waals surface area contributed by atoms with Crippen LogP contribution < -0.4 is 16.0 Å². The van der Waals surface area contributed by atoms with Gasteiger partial charge in [-0.3, -0.25) is 28.9 Å². The first-order valence-electron chi connectivity index (χ1n) is 10.6. The summed E-state index contributed by atoms with van der Waals surface area (Å²) in [4.78, 5) is 73.5. The van der Waals surface area contributed by atoms with Crippen molar-refractivity contribution in [3.05, 3.63) is 12.2 Å². The summed E-state index contributed by atoms with van der Waals surface area (Å²) in [5, 5.41) is 7.55. The average molecular weight is 468 g/mol. The fourth-order valence-corrected chi connectivity index (χ4v) is 2.58. The van der Waals surface area contributed by atoms with E-state index < -0.39 is 53.3 Å². The Morgan fingerprint density at radius 3 is 2.09 bits per heavy atom. The van der Waals surface area contributed by atoms with E-state index in [-0.39, 0.29) is 26.1 Å². The van der Waals surface area contributed by atoms with Crippen molar-refractivity contribution in [2.24, 2.45) is 0 Å². The molecule has 3 N–H and O–H groups in total. The Balaban J connectivity index is 2.34. The minimum Gasteiger partial charge on any atom is -0.444 e. The van der Waals surface area contributed by atoms with E-state index in [1.807, 2.05) is 0 Å². The van der Waals surface area contributed by atoms with Gasteiger partial charge in [-0.05, 0) is 34.6 Å². The highest BCUT2D eigenvalue weighted by atomic mass is 16.6. The van der Waals surface area contributed by atoms with Crippen molar-refractivity contribution in [3.63, 3.8) is 0 Å². The van der Waals surface area contributed by atoms with Crippen molar-refractivity contribution in [1.29, 1.82) is 0 Å². The Morgan fingerprint density at radius 1 is 1.00 bits per heavy atom. The predicted molar refractivity (Wildman–Crippen MR) is 118 cm³/mol. The summed E-state index contributed by atoms with van der Waals surface area (Å²) in [6.45, 7) is 8.46. The van der Waals surface area contributed by atoms with Crippen LogP contribution in [0.3, 0.4) is 0 Å². The number of hydrogen-bond acceptors (Lipinski definition) is 7. The van der Waals surface area contributed by atoms with Gasteiger partial charge in [0.05, 0.1) is 0 Å². The summed E-state index contributed by atoms with van der Waals surface area (Å²) in [6, 6.07) is -1.82. The van der Waals surface area contributed by atoms with Crippen LogP contribution in [0.15, 0.2) is 12.2 Å². The number of imide groups is 1. The molecule has 1 rings (SSSR count). The lowest BCUT2D eigenvalue weighted by molar-refractivity contribution is -0.137. The van der Waals surface area contributed by atoms with E-state index in [1.165, 1.54) is 18.7 Å². The lowest BCUT2D eigenvalue weighted by Crippen LogP contribution is -2.52. The van der Waals surface area contributed by atoms with Gasteiger partial charge in [0.25, 0.3) is 11.8 Å². The summed E-state index contributed by atoms with van der Waals surface area (Å²) in [5.41, 5.74) is -0.625. The molecule has 2 atom stereocenters. The van der Waals surface area contributed by atoms with Crippen molar-refractivity contribution < 1.29 is 33.5 Å². The monoisotopic (exact) mass is 467 g/mol. The number of likely N-dealkylation sites (N-methyl/N-ethyl adjacent to an activating group) is 1. The van der Waals surface area contributed by atoms with Crippen molar-refractivity contribution in [2.45, 2.75) is 58.7 Å². The molecule has 12 heteroatoms. The van der Waals surface area contributed by atoms with Gasteiger partial charge in [0.15, 0.2) is 0 Å². The number of amides is 6. The maximum absolute atomic E-state index is 12.3. The quantitative estimate of drug-likeness (QED) is 0.359. The molecule has 0 radical (unpaired) electrons. The molecular formula is C21H33N5O7. The first-order valence-corrected chi connectivity index (χ1v) is 10.6. The molecular weight excluding hydrogens is 434 g/mol. The van der Waals surface area contributed by atoms with E-state index in [0.29, 0.717) is 0 Å². The topological polar surface area (TPSA) is 154 Å². The van der Waals surface area contributed by atoms with Crippen LogP contribution in [0.1, 0.15) is 41.0 Å². The van der Waals surface area contributed by atoms with Gasteiger partial charge < -0.3 is 25.6 Å². The zero-order valence-electron chi connectivity index (χ0n) is 19.9. The third kappa shape index (κ3) is 9.71. The summed E-state index contributed by atoms with van der Waals surface area (Å²) in [6.07, 6.45) is 1.58. The van der Waals surface area contributed by atoms with E-state index >= 15 is 0 Å². The first kappa shape index (κ1) is 27.6. The molecule has 0 aromatic heterocycles. The van der Waals surface area contributed by atoms with E-state index in [2.05, 4.69) is 16.0 Å². The van der Waals surface area contributed by atoms with Crippen LogP contribution in [0.25, 0.3) is 0 Å². The highest BCUT2D eigenvalue weighted by Crippen LogP contribution is 2.08. The minimum absolute atomic E-state index is 0.0958. The molecule has 0 spiro atoms. The zero-order valence-corrected chi connectivity index (χ0v) is 19.9. The zero-order chi connectivity index (χ0) is 25.3. The van der Waals surface area contributed by atoms with Crippen LogP contribution in [-0.2, 0) is 28.7 Å². The second-order valence-electron chi connectivity index (χ2n) is 8.62. The highest BCUT2D eigenvalue weighted by Gasteiger charge is 2.25. The van der Waals surface area contributed by atoms with Crippen LogP contribution in [0.5, 0.6) is 0 Å². The number of nitrogens with zero attached hydrogens (tertiary/aromatic N) is 2. The van der Waals surface area contributed by atoms with Gasteiger partial charge >= 0.3 is 6.09 Å². The number of carbonyl (C=O) groups excluding carboxylic acids is 6. The maximum Gasteiger partial charge on any atom is 0.410 e. The summed E-state index contributed by atoms with van der Waals surface area (Å²) < 4.78 is 5.22. The summed E-state index contributed by atoms with van der Waals surface area (Å²) in [7, 11) is 1.54. The normalized spacial score (nSPS) is 15.0. The van der Waals surface area contributed by atoms with Crippen LogP contribution in [0.4, 0.5) is 4.79 Å². The van der Waals surface area contributed by atoms with E-state index in [4.69, 9.17) is 4.74 Å². The molecule has 0 aliphatic carbocycles. The molecule has 0 saturated heterocycles. The molecule has 0 bridgehead atoms. The molecule has 0 aromatic rings. The molecule has 6 amide bonds. The number of hydrogen-bond donors (Lipinski definition) is 3. The fourth-order valence-electron chi connectivity index (χ4n) is 2.58. The predicted octanol–water partition coefficient (Wildman–Crippen LogP) is -0.706. The van der Waals surface area contributed by atoms with Crippen LogP contribution in [-0.4, -0.2) is 89.8 Å².